The van der Waals surface area contributed by atoms with Crippen molar-refractivity contribution in [3.05, 3.63) is 22.4 Å². The summed E-state index contributed by atoms with van der Waals surface area (Å²) in [6.07, 6.45) is 2.09. The van der Waals surface area contributed by atoms with Crippen LogP contribution in [0.1, 0.15) is 51.0 Å². The summed E-state index contributed by atoms with van der Waals surface area (Å²) >= 11 is 1.64. The van der Waals surface area contributed by atoms with Gasteiger partial charge < -0.3 is 5.32 Å². The van der Waals surface area contributed by atoms with Gasteiger partial charge in [-0.15, -0.1) is 11.3 Å². The normalized spacial score (nSPS) is 20.9. The van der Waals surface area contributed by atoms with Crippen molar-refractivity contribution in [2.75, 3.05) is 18.8 Å². The van der Waals surface area contributed by atoms with Crippen molar-refractivity contribution in [1.82, 2.24) is 9.62 Å². The Morgan fingerprint density at radius 1 is 1.46 bits per heavy atom. The van der Waals surface area contributed by atoms with Crippen LogP contribution in [0.25, 0.3) is 0 Å². The predicted octanol–water partition coefficient (Wildman–Crippen LogP) is 3.01. The number of nitrogens with zero attached hydrogens (tertiary/aromatic N) is 1. The van der Waals surface area contributed by atoms with Gasteiger partial charge in [-0.1, -0.05) is 26.8 Å². The fourth-order valence-corrected chi connectivity index (χ4v) is 5.64. The van der Waals surface area contributed by atoms with Crippen LogP contribution in [-0.4, -0.2) is 37.5 Å². The third kappa shape index (κ3) is 4.80. The van der Waals surface area contributed by atoms with E-state index in [1.807, 2.05) is 24.4 Å². The predicted molar refractivity (Wildman–Crippen MR) is 98.4 cm³/mol. The van der Waals surface area contributed by atoms with E-state index in [0.717, 1.165) is 17.7 Å². The summed E-state index contributed by atoms with van der Waals surface area (Å²) < 4.78 is 26.0. The fraction of sp³-hybridized carbons (Fsp3) is 0.706. The van der Waals surface area contributed by atoms with Crippen molar-refractivity contribution >= 4 is 27.3 Å². The van der Waals surface area contributed by atoms with Gasteiger partial charge >= 0.3 is 0 Å². The van der Waals surface area contributed by atoms with E-state index in [1.165, 1.54) is 4.31 Å². The molecule has 1 aromatic heterocycles. The molecule has 136 valence electrons. The van der Waals surface area contributed by atoms with E-state index in [1.54, 1.807) is 11.3 Å². The summed E-state index contributed by atoms with van der Waals surface area (Å²) in [5.74, 6) is 0.159. The molecule has 7 heteroatoms. The quantitative estimate of drug-likeness (QED) is 0.800. The average Bonchev–Trinajstić information content (AvgIpc) is 3.06. The van der Waals surface area contributed by atoms with Gasteiger partial charge in [-0.3, -0.25) is 4.79 Å². The van der Waals surface area contributed by atoms with E-state index in [2.05, 4.69) is 19.2 Å². The minimum absolute atomic E-state index is 0.0138. The highest BCUT2D eigenvalue weighted by atomic mass is 32.2. The highest BCUT2D eigenvalue weighted by molar-refractivity contribution is 7.89. The third-order valence-corrected chi connectivity index (χ3v) is 7.42. The third-order valence-electron chi connectivity index (χ3n) is 4.42. The Balaban J connectivity index is 2.03. The maximum absolute atomic E-state index is 12.7. The van der Waals surface area contributed by atoms with Crippen LogP contribution >= 0.6 is 11.3 Å². The van der Waals surface area contributed by atoms with Gasteiger partial charge in [0.25, 0.3) is 0 Å². The second-order valence-corrected chi connectivity index (χ2v) is 9.83. The van der Waals surface area contributed by atoms with Gasteiger partial charge in [0.1, 0.15) is 0 Å². The van der Waals surface area contributed by atoms with Crippen LogP contribution in [0.4, 0.5) is 0 Å². The second-order valence-electron chi connectivity index (χ2n) is 6.76. The Bertz CT molecular complexity index is 626. The summed E-state index contributed by atoms with van der Waals surface area (Å²) in [6.45, 7) is 6.88. The standard InChI is InChI=1S/C17H28N2O3S2/c1-4-11-24(21,22)19-9-5-7-14(12-19)17(20)18-16(13(2)3)15-8-6-10-23-15/h6,8,10,13-14,16H,4-5,7,9,11-12H2,1-3H3,(H,18,20)/t14-,16+/m0/s1. The summed E-state index contributed by atoms with van der Waals surface area (Å²) in [4.78, 5) is 13.9. The smallest absolute Gasteiger partial charge is 0.224 e. The zero-order chi connectivity index (χ0) is 17.7. The highest BCUT2D eigenvalue weighted by Gasteiger charge is 2.33. The lowest BCUT2D eigenvalue weighted by Crippen LogP contribution is -2.47. The lowest BCUT2D eigenvalue weighted by Gasteiger charge is -2.32. The first-order valence-electron chi connectivity index (χ1n) is 8.66. The molecule has 2 atom stereocenters. The molecule has 0 saturated carbocycles. The molecule has 0 unspecified atom stereocenters. The molecule has 24 heavy (non-hydrogen) atoms. The van der Waals surface area contributed by atoms with Gasteiger partial charge in [-0.05, 0) is 36.6 Å². The summed E-state index contributed by atoms with van der Waals surface area (Å²) in [7, 11) is -3.23. The maximum atomic E-state index is 12.7. The number of rotatable bonds is 7. The minimum Gasteiger partial charge on any atom is -0.348 e. The molecule has 0 bridgehead atoms. The zero-order valence-corrected chi connectivity index (χ0v) is 16.3. The number of amides is 1. The first-order valence-corrected chi connectivity index (χ1v) is 11.2. The average molecular weight is 373 g/mol. The SMILES string of the molecule is CCCS(=O)(=O)N1CCC[C@H](C(=O)N[C@@H](c2cccs2)C(C)C)C1. The van der Waals surface area contributed by atoms with Crippen molar-refractivity contribution in [2.45, 2.75) is 46.1 Å². The van der Waals surface area contributed by atoms with Crippen LogP contribution in [0.2, 0.25) is 0 Å². The number of nitrogens with one attached hydrogen (secondary N) is 1. The largest absolute Gasteiger partial charge is 0.348 e. The molecule has 1 N–H and O–H groups in total. The Kier molecular flexibility index (Phi) is 6.83. The number of thiophene rings is 1. The summed E-state index contributed by atoms with van der Waals surface area (Å²) in [6, 6.07) is 4.01. The molecule has 0 spiro atoms. The summed E-state index contributed by atoms with van der Waals surface area (Å²) in [5.41, 5.74) is 0. The van der Waals surface area contributed by atoms with Crippen LogP contribution in [0, 0.1) is 11.8 Å². The molecule has 1 fully saturated rings. The lowest BCUT2D eigenvalue weighted by atomic mass is 9.96. The van der Waals surface area contributed by atoms with E-state index in [-0.39, 0.29) is 29.5 Å². The van der Waals surface area contributed by atoms with Crippen molar-refractivity contribution < 1.29 is 13.2 Å². The number of carbonyl (C=O) groups is 1. The number of hydrogen-bond acceptors (Lipinski definition) is 4. The van der Waals surface area contributed by atoms with Crippen LogP contribution < -0.4 is 5.32 Å². The topological polar surface area (TPSA) is 66.5 Å². The molecule has 1 aromatic rings. The zero-order valence-electron chi connectivity index (χ0n) is 14.7. The van der Waals surface area contributed by atoms with Crippen molar-refractivity contribution in [1.29, 1.82) is 0 Å². The highest BCUT2D eigenvalue weighted by Crippen LogP contribution is 2.27. The van der Waals surface area contributed by atoms with Crippen LogP contribution in [0.3, 0.4) is 0 Å². The van der Waals surface area contributed by atoms with Gasteiger partial charge in [0.2, 0.25) is 15.9 Å². The number of piperidine rings is 1. The second kappa shape index (κ2) is 8.45. The Morgan fingerprint density at radius 2 is 2.21 bits per heavy atom. The Morgan fingerprint density at radius 3 is 2.79 bits per heavy atom. The van der Waals surface area contributed by atoms with Crippen LogP contribution in [-0.2, 0) is 14.8 Å². The molecule has 1 saturated heterocycles. The molecule has 5 nitrogen and oxygen atoms in total. The summed E-state index contributed by atoms with van der Waals surface area (Å²) in [5, 5.41) is 5.15. The molecule has 2 heterocycles. The van der Waals surface area contributed by atoms with E-state index in [9.17, 15) is 13.2 Å². The van der Waals surface area contributed by atoms with Crippen LogP contribution in [0.15, 0.2) is 17.5 Å². The number of carbonyl (C=O) groups excluding carboxylic acids is 1. The van der Waals surface area contributed by atoms with E-state index in [0.29, 0.717) is 19.5 Å². The first kappa shape index (κ1) is 19.4. The van der Waals surface area contributed by atoms with E-state index < -0.39 is 10.0 Å². The van der Waals surface area contributed by atoms with Gasteiger partial charge in [0, 0.05) is 18.0 Å². The first-order chi connectivity index (χ1) is 11.3. The molecule has 1 aliphatic heterocycles. The van der Waals surface area contributed by atoms with Crippen molar-refractivity contribution in [2.24, 2.45) is 11.8 Å². The van der Waals surface area contributed by atoms with E-state index in [4.69, 9.17) is 0 Å². The van der Waals surface area contributed by atoms with Gasteiger partial charge in [-0.2, -0.15) is 0 Å². The number of hydrogen-bond donors (Lipinski definition) is 1. The molecule has 0 aliphatic carbocycles. The molecule has 1 aliphatic rings. The monoisotopic (exact) mass is 372 g/mol. The molecule has 0 aromatic carbocycles. The maximum Gasteiger partial charge on any atom is 0.224 e. The lowest BCUT2D eigenvalue weighted by molar-refractivity contribution is -0.127. The fourth-order valence-electron chi connectivity index (χ4n) is 3.10. The van der Waals surface area contributed by atoms with Crippen molar-refractivity contribution in [3.8, 4) is 0 Å². The number of sulfonamides is 1. The Hall–Kier alpha value is -0.920. The molecular weight excluding hydrogens is 344 g/mol. The van der Waals surface area contributed by atoms with Gasteiger partial charge in [0.15, 0.2) is 0 Å². The van der Waals surface area contributed by atoms with Gasteiger partial charge in [-0.25, -0.2) is 12.7 Å². The van der Waals surface area contributed by atoms with Crippen LogP contribution in [0.5, 0.6) is 0 Å². The van der Waals surface area contributed by atoms with Gasteiger partial charge in [0.05, 0.1) is 17.7 Å². The minimum atomic E-state index is -3.23. The molecular formula is C17H28N2O3S2. The van der Waals surface area contributed by atoms with E-state index >= 15 is 0 Å². The Labute approximate surface area is 149 Å². The van der Waals surface area contributed by atoms with Crippen molar-refractivity contribution in [3.63, 3.8) is 0 Å². The molecule has 0 radical (unpaired) electrons. The molecule has 1 amide bonds. The molecule has 2 rings (SSSR count).